The Bertz CT molecular complexity index is 839. The summed E-state index contributed by atoms with van der Waals surface area (Å²) in [6, 6.07) is 4.58. The van der Waals surface area contributed by atoms with Gasteiger partial charge in [0.05, 0.1) is 22.0 Å². The minimum Gasteiger partial charge on any atom is -0.454 e. The number of hydrogen-bond donors (Lipinski definition) is 2. The van der Waals surface area contributed by atoms with Gasteiger partial charge in [0.1, 0.15) is 0 Å². The molecule has 0 bridgehead atoms. The molecule has 24 heavy (non-hydrogen) atoms. The first-order valence-electron chi connectivity index (χ1n) is 7.18. The molecule has 1 aromatic heterocycles. The molecule has 0 unspecified atom stereocenters. The topological polar surface area (TPSA) is 102 Å². The van der Waals surface area contributed by atoms with Crippen LogP contribution in [0.25, 0.3) is 0 Å². The van der Waals surface area contributed by atoms with Gasteiger partial charge in [-0.1, -0.05) is 17.7 Å². The molecule has 1 heterocycles. The molecule has 0 aliphatic heterocycles. The van der Waals surface area contributed by atoms with Gasteiger partial charge in [-0.2, -0.15) is 0 Å². The molecule has 0 spiro atoms. The number of para-hydroxylation sites is 1. The number of esters is 1. The Hall–Kier alpha value is -2.60. The van der Waals surface area contributed by atoms with E-state index in [0.29, 0.717) is 16.8 Å². The van der Waals surface area contributed by atoms with E-state index < -0.39 is 18.4 Å². The van der Waals surface area contributed by atoms with Crippen LogP contribution in [0.15, 0.2) is 18.2 Å². The summed E-state index contributed by atoms with van der Waals surface area (Å²) >= 11 is 5.85. The molecule has 6 nitrogen and oxygen atoms in total. The van der Waals surface area contributed by atoms with Crippen molar-refractivity contribution in [3.63, 3.8) is 0 Å². The van der Waals surface area contributed by atoms with Gasteiger partial charge in [0.2, 0.25) is 5.78 Å². The SMILES string of the molecule is CC(=O)c1c(C)[nH]c(C(=O)COC(=O)c2cccc(Cl)c2N)c1C. The van der Waals surface area contributed by atoms with Crippen molar-refractivity contribution in [2.24, 2.45) is 0 Å². The minimum absolute atomic E-state index is 0.0964. The van der Waals surface area contributed by atoms with Crippen LogP contribution in [-0.4, -0.2) is 29.1 Å². The maximum absolute atomic E-state index is 12.3. The number of aromatic amines is 1. The van der Waals surface area contributed by atoms with Gasteiger partial charge in [-0.3, -0.25) is 9.59 Å². The first-order chi connectivity index (χ1) is 11.2. The second-order valence-electron chi connectivity index (χ2n) is 5.38. The van der Waals surface area contributed by atoms with Crippen LogP contribution in [0, 0.1) is 13.8 Å². The summed E-state index contributed by atoms with van der Waals surface area (Å²) in [5, 5.41) is 0.234. The van der Waals surface area contributed by atoms with E-state index in [0.717, 1.165) is 0 Å². The lowest BCUT2D eigenvalue weighted by atomic mass is 10.1. The van der Waals surface area contributed by atoms with Gasteiger partial charge < -0.3 is 15.5 Å². The third-order valence-corrected chi connectivity index (χ3v) is 4.01. The summed E-state index contributed by atoms with van der Waals surface area (Å²) in [5.41, 5.74) is 7.80. The highest BCUT2D eigenvalue weighted by molar-refractivity contribution is 6.33. The number of halogens is 1. The van der Waals surface area contributed by atoms with Crippen LogP contribution >= 0.6 is 11.6 Å². The number of carbonyl (C=O) groups excluding carboxylic acids is 3. The highest BCUT2D eigenvalue weighted by atomic mass is 35.5. The predicted octanol–water partition coefficient (Wildman–Crippen LogP) is 3.11. The number of ether oxygens (including phenoxy) is 1. The Morgan fingerprint density at radius 1 is 1.25 bits per heavy atom. The number of carbonyl (C=O) groups is 3. The molecule has 2 rings (SSSR count). The fourth-order valence-corrected chi connectivity index (χ4v) is 2.73. The molecule has 0 aliphatic carbocycles. The highest BCUT2D eigenvalue weighted by Gasteiger charge is 2.21. The Kier molecular flexibility index (Phi) is 5.09. The van der Waals surface area contributed by atoms with Gasteiger partial charge >= 0.3 is 5.97 Å². The molecule has 0 aliphatic rings. The monoisotopic (exact) mass is 348 g/mol. The van der Waals surface area contributed by atoms with Crippen LogP contribution in [0.4, 0.5) is 5.69 Å². The number of nitrogens with two attached hydrogens (primary N) is 1. The van der Waals surface area contributed by atoms with E-state index in [2.05, 4.69) is 4.98 Å². The number of aryl methyl sites for hydroxylation is 1. The van der Waals surface area contributed by atoms with Gasteiger partial charge in [-0.15, -0.1) is 0 Å². The van der Waals surface area contributed by atoms with Crippen LogP contribution in [0.5, 0.6) is 0 Å². The van der Waals surface area contributed by atoms with Crippen molar-refractivity contribution in [1.82, 2.24) is 4.98 Å². The zero-order valence-corrected chi connectivity index (χ0v) is 14.3. The molecule has 0 atom stereocenters. The average Bonchev–Trinajstić information content (AvgIpc) is 2.82. The van der Waals surface area contributed by atoms with Crippen molar-refractivity contribution >= 4 is 34.8 Å². The van der Waals surface area contributed by atoms with Crippen molar-refractivity contribution in [3.05, 3.63) is 51.3 Å². The van der Waals surface area contributed by atoms with E-state index in [1.165, 1.54) is 13.0 Å². The molecule has 0 fully saturated rings. The van der Waals surface area contributed by atoms with Crippen LogP contribution in [-0.2, 0) is 4.74 Å². The Labute approximate surface area is 143 Å². The molecule has 0 saturated carbocycles. The molecule has 3 N–H and O–H groups in total. The van der Waals surface area contributed by atoms with Crippen molar-refractivity contribution in [2.45, 2.75) is 20.8 Å². The minimum atomic E-state index is -0.740. The highest BCUT2D eigenvalue weighted by Crippen LogP contribution is 2.23. The molecule has 2 aromatic rings. The van der Waals surface area contributed by atoms with E-state index in [1.54, 1.807) is 26.0 Å². The third-order valence-electron chi connectivity index (χ3n) is 3.68. The Balaban J connectivity index is 2.14. The second-order valence-corrected chi connectivity index (χ2v) is 5.79. The molecular formula is C17H17ClN2O4. The van der Waals surface area contributed by atoms with Crippen molar-refractivity contribution < 1.29 is 19.1 Å². The average molecular weight is 349 g/mol. The van der Waals surface area contributed by atoms with E-state index in [-0.39, 0.29) is 27.8 Å². The fourth-order valence-electron chi connectivity index (χ4n) is 2.55. The van der Waals surface area contributed by atoms with Crippen molar-refractivity contribution in [2.75, 3.05) is 12.3 Å². The van der Waals surface area contributed by atoms with E-state index in [1.807, 2.05) is 0 Å². The zero-order chi connectivity index (χ0) is 18.0. The molecule has 126 valence electrons. The van der Waals surface area contributed by atoms with Gasteiger partial charge in [0, 0.05) is 11.3 Å². The van der Waals surface area contributed by atoms with E-state index in [9.17, 15) is 14.4 Å². The van der Waals surface area contributed by atoms with Gasteiger partial charge in [0.15, 0.2) is 12.4 Å². The van der Waals surface area contributed by atoms with Crippen molar-refractivity contribution in [3.8, 4) is 0 Å². The number of H-pyrrole nitrogens is 1. The van der Waals surface area contributed by atoms with Gasteiger partial charge in [-0.25, -0.2) is 4.79 Å². The summed E-state index contributed by atoms with van der Waals surface area (Å²) in [6.07, 6.45) is 0. The quantitative estimate of drug-likeness (QED) is 0.491. The smallest absolute Gasteiger partial charge is 0.340 e. The number of Topliss-reactive ketones (excluding diaryl/α,β-unsaturated/α-hetero) is 2. The van der Waals surface area contributed by atoms with Crippen LogP contribution < -0.4 is 5.73 Å². The summed E-state index contributed by atoms with van der Waals surface area (Å²) in [4.78, 5) is 38.8. The van der Waals surface area contributed by atoms with Crippen LogP contribution in [0.2, 0.25) is 5.02 Å². The lowest BCUT2D eigenvalue weighted by Crippen LogP contribution is -2.16. The zero-order valence-electron chi connectivity index (χ0n) is 13.5. The van der Waals surface area contributed by atoms with E-state index >= 15 is 0 Å². The number of aromatic nitrogens is 1. The summed E-state index contributed by atoms with van der Waals surface area (Å²) in [7, 11) is 0. The fraction of sp³-hybridized carbons (Fsp3) is 0.235. The molecule has 1 aromatic carbocycles. The second kappa shape index (κ2) is 6.88. The number of rotatable bonds is 5. The third kappa shape index (κ3) is 3.33. The molecule has 0 radical (unpaired) electrons. The number of ketones is 2. The van der Waals surface area contributed by atoms with Crippen molar-refractivity contribution in [1.29, 1.82) is 0 Å². The maximum Gasteiger partial charge on any atom is 0.340 e. The molecule has 7 heteroatoms. The maximum atomic E-state index is 12.3. The number of nitrogen functional groups attached to an aromatic ring is 1. The van der Waals surface area contributed by atoms with Crippen LogP contribution in [0.3, 0.4) is 0 Å². The first-order valence-corrected chi connectivity index (χ1v) is 7.56. The predicted molar refractivity (Wildman–Crippen MR) is 90.7 cm³/mol. The summed E-state index contributed by atoms with van der Waals surface area (Å²) < 4.78 is 5.01. The normalized spacial score (nSPS) is 10.5. The van der Waals surface area contributed by atoms with E-state index in [4.69, 9.17) is 22.1 Å². The lowest BCUT2D eigenvalue weighted by molar-refractivity contribution is 0.0474. The van der Waals surface area contributed by atoms with Crippen LogP contribution in [0.1, 0.15) is 49.4 Å². The van der Waals surface area contributed by atoms with Gasteiger partial charge in [0.25, 0.3) is 0 Å². The molecule has 0 amide bonds. The molecule has 0 saturated heterocycles. The standard InChI is InChI=1S/C17H17ClN2O4/c1-8-14(10(3)21)9(2)20-16(8)13(22)7-24-17(23)11-5-4-6-12(18)15(11)19/h4-6,20H,7,19H2,1-3H3. The first kappa shape index (κ1) is 17.7. The molecular weight excluding hydrogens is 332 g/mol. The largest absolute Gasteiger partial charge is 0.454 e. The number of anilines is 1. The lowest BCUT2D eigenvalue weighted by Gasteiger charge is -2.07. The number of benzene rings is 1. The Morgan fingerprint density at radius 3 is 2.50 bits per heavy atom. The summed E-state index contributed by atoms with van der Waals surface area (Å²) in [5.74, 6) is -1.31. The number of hydrogen-bond acceptors (Lipinski definition) is 5. The summed E-state index contributed by atoms with van der Waals surface area (Å²) in [6.45, 7) is 4.34. The van der Waals surface area contributed by atoms with Gasteiger partial charge in [-0.05, 0) is 38.5 Å². The Morgan fingerprint density at radius 2 is 1.92 bits per heavy atom. The number of nitrogens with one attached hydrogen (secondary N) is 1.